The number of hydrogen-bond donors (Lipinski definition) is 1. The highest BCUT2D eigenvalue weighted by atomic mass is 35.5. The zero-order chi connectivity index (χ0) is 19.0. The molecule has 2 aliphatic heterocycles. The van der Waals surface area contributed by atoms with Crippen LogP contribution in [0.4, 0.5) is 4.39 Å². The van der Waals surface area contributed by atoms with E-state index in [0.717, 1.165) is 12.5 Å². The van der Waals surface area contributed by atoms with E-state index in [1.807, 2.05) is 4.90 Å². The molecule has 5 nitrogen and oxygen atoms in total. The molecule has 8 heteroatoms. The lowest BCUT2D eigenvalue weighted by Crippen LogP contribution is -2.54. The van der Waals surface area contributed by atoms with Crippen molar-refractivity contribution in [1.82, 2.24) is 15.1 Å². The molecule has 0 bridgehead atoms. The second-order valence-corrected chi connectivity index (χ2v) is 8.25. The Balaban J connectivity index is 0.00000225. The van der Waals surface area contributed by atoms with Crippen molar-refractivity contribution in [2.45, 2.75) is 44.2 Å². The van der Waals surface area contributed by atoms with Crippen molar-refractivity contribution in [2.75, 3.05) is 26.2 Å². The maximum atomic E-state index is 13.2. The first-order valence-electron chi connectivity index (χ1n) is 9.82. The smallest absolute Gasteiger partial charge is 0.255 e. The molecule has 1 saturated carbocycles. The molecular weight excluding hydrogens is 404 g/mol. The van der Waals surface area contributed by atoms with Gasteiger partial charge in [-0.1, -0.05) is 24.4 Å². The highest BCUT2D eigenvalue weighted by molar-refractivity contribution is 6.33. The molecule has 154 valence electrons. The Bertz CT molecular complexity index is 726. The summed E-state index contributed by atoms with van der Waals surface area (Å²) in [7, 11) is 0. The van der Waals surface area contributed by atoms with Crippen molar-refractivity contribution in [3.8, 4) is 0 Å². The highest BCUT2D eigenvalue weighted by Gasteiger charge is 2.40. The molecule has 3 fully saturated rings. The van der Waals surface area contributed by atoms with Crippen molar-refractivity contribution in [3.63, 3.8) is 0 Å². The van der Waals surface area contributed by atoms with Gasteiger partial charge in [0.15, 0.2) is 0 Å². The second-order valence-electron chi connectivity index (χ2n) is 7.85. The predicted octanol–water partition coefficient (Wildman–Crippen LogP) is 3.11. The average molecular weight is 430 g/mol. The molecule has 0 spiro atoms. The molecule has 1 N–H and O–H groups in total. The molecule has 0 radical (unpaired) electrons. The van der Waals surface area contributed by atoms with Crippen LogP contribution in [-0.2, 0) is 4.79 Å². The highest BCUT2D eigenvalue weighted by Crippen LogP contribution is 2.33. The number of benzene rings is 1. The second kappa shape index (κ2) is 8.97. The van der Waals surface area contributed by atoms with Gasteiger partial charge in [0, 0.05) is 32.2 Å². The number of halogens is 3. The SMILES string of the molecule is Cl.O=C(c1ccc(F)cc1Cl)N1CCN(C(=O)C2CC3CCCCC3N2)CC1. The summed E-state index contributed by atoms with van der Waals surface area (Å²) in [5.74, 6) is 0.126. The minimum absolute atomic E-state index is 0. The first kappa shape index (κ1) is 21.3. The summed E-state index contributed by atoms with van der Waals surface area (Å²) >= 11 is 6.01. The van der Waals surface area contributed by atoms with E-state index in [1.54, 1.807) is 4.90 Å². The molecule has 28 heavy (non-hydrogen) atoms. The Labute approximate surface area is 176 Å². The van der Waals surface area contributed by atoms with Gasteiger partial charge in [-0.05, 0) is 43.4 Å². The Hall–Kier alpha value is -1.37. The van der Waals surface area contributed by atoms with Gasteiger partial charge in [0.1, 0.15) is 5.82 Å². The molecule has 1 aromatic rings. The summed E-state index contributed by atoms with van der Waals surface area (Å²) in [6.45, 7) is 1.99. The fraction of sp³-hybridized carbons (Fsp3) is 0.600. The van der Waals surface area contributed by atoms with Crippen LogP contribution in [0.5, 0.6) is 0 Å². The van der Waals surface area contributed by atoms with Crippen molar-refractivity contribution in [2.24, 2.45) is 5.92 Å². The van der Waals surface area contributed by atoms with Crippen LogP contribution in [0.25, 0.3) is 0 Å². The summed E-state index contributed by atoms with van der Waals surface area (Å²) in [5, 5.41) is 3.66. The third-order valence-corrected chi connectivity index (χ3v) is 6.51. The minimum atomic E-state index is -0.461. The van der Waals surface area contributed by atoms with Crippen molar-refractivity contribution in [3.05, 3.63) is 34.6 Å². The van der Waals surface area contributed by atoms with Gasteiger partial charge in [-0.3, -0.25) is 9.59 Å². The predicted molar refractivity (Wildman–Crippen MR) is 108 cm³/mol. The Morgan fingerprint density at radius 2 is 1.75 bits per heavy atom. The van der Waals surface area contributed by atoms with E-state index in [9.17, 15) is 14.0 Å². The van der Waals surface area contributed by atoms with Crippen molar-refractivity contribution in [1.29, 1.82) is 0 Å². The maximum absolute atomic E-state index is 13.2. The monoisotopic (exact) mass is 429 g/mol. The number of nitrogens with zero attached hydrogens (tertiary/aromatic N) is 2. The summed E-state index contributed by atoms with van der Waals surface area (Å²) in [6, 6.07) is 4.23. The number of fused-ring (bicyclic) bond motifs is 1. The van der Waals surface area contributed by atoms with E-state index in [-0.39, 0.29) is 35.3 Å². The van der Waals surface area contributed by atoms with Gasteiger partial charge < -0.3 is 15.1 Å². The normalized spacial score (nSPS) is 27.1. The molecule has 1 aromatic carbocycles. The Morgan fingerprint density at radius 1 is 1.07 bits per heavy atom. The Kier molecular flexibility index (Phi) is 6.84. The standard InChI is InChI=1S/C20H25ClFN3O2.ClH/c21-16-12-14(22)5-6-15(16)19(26)24-7-9-25(10-8-24)20(27)18-11-13-3-1-2-4-17(13)23-18;/h5-6,12-13,17-18,23H,1-4,7-11H2;1H. The van der Waals surface area contributed by atoms with Gasteiger partial charge in [0.25, 0.3) is 5.91 Å². The molecule has 0 aromatic heterocycles. The summed E-state index contributed by atoms with van der Waals surface area (Å²) < 4.78 is 13.2. The first-order valence-corrected chi connectivity index (χ1v) is 10.2. The number of rotatable bonds is 2. The van der Waals surface area contributed by atoms with Crippen LogP contribution in [-0.4, -0.2) is 59.9 Å². The zero-order valence-corrected chi connectivity index (χ0v) is 17.3. The number of carbonyl (C=O) groups is 2. The van der Waals surface area contributed by atoms with Crippen LogP contribution in [0.15, 0.2) is 18.2 Å². The fourth-order valence-electron chi connectivity index (χ4n) is 4.69. The first-order chi connectivity index (χ1) is 13.0. The van der Waals surface area contributed by atoms with Crippen molar-refractivity contribution >= 4 is 35.8 Å². The van der Waals surface area contributed by atoms with Crippen LogP contribution < -0.4 is 5.32 Å². The molecule has 4 rings (SSSR count). The maximum Gasteiger partial charge on any atom is 0.255 e. The molecule has 3 aliphatic rings. The number of carbonyl (C=O) groups excluding carboxylic acids is 2. The lowest BCUT2D eigenvalue weighted by atomic mass is 9.85. The number of piperazine rings is 1. The van der Waals surface area contributed by atoms with Crippen LogP contribution >= 0.6 is 24.0 Å². The van der Waals surface area contributed by atoms with E-state index >= 15 is 0 Å². The molecule has 3 atom stereocenters. The zero-order valence-electron chi connectivity index (χ0n) is 15.7. The third kappa shape index (κ3) is 4.29. The number of amides is 2. The van der Waals surface area contributed by atoms with E-state index in [4.69, 9.17) is 11.6 Å². The molecule has 3 unspecified atom stereocenters. The molecule has 2 heterocycles. The average Bonchev–Trinajstić information content (AvgIpc) is 3.11. The van der Waals surface area contributed by atoms with Gasteiger partial charge >= 0.3 is 0 Å². The quantitative estimate of drug-likeness (QED) is 0.785. The lowest BCUT2D eigenvalue weighted by molar-refractivity contribution is -0.134. The van der Waals surface area contributed by atoms with Crippen LogP contribution in [0.3, 0.4) is 0 Å². The molecule has 2 saturated heterocycles. The van der Waals surface area contributed by atoms with Gasteiger partial charge in [0.05, 0.1) is 16.6 Å². The molecule has 1 aliphatic carbocycles. The summed E-state index contributed by atoms with van der Waals surface area (Å²) in [6.07, 6.45) is 5.86. The van der Waals surface area contributed by atoms with Gasteiger partial charge in [-0.15, -0.1) is 12.4 Å². The number of nitrogens with one attached hydrogen (secondary N) is 1. The third-order valence-electron chi connectivity index (χ3n) is 6.20. The van der Waals surface area contributed by atoms with Crippen LogP contribution in [0, 0.1) is 11.7 Å². The minimum Gasteiger partial charge on any atom is -0.338 e. The lowest BCUT2D eigenvalue weighted by Gasteiger charge is -2.36. The van der Waals surface area contributed by atoms with Crippen LogP contribution in [0.1, 0.15) is 42.5 Å². The van der Waals surface area contributed by atoms with E-state index in [1.165, 1.54) is 37.8 Å². The van der Waals surface area contributed by atoms with E-state index in [0.29, 0.717) is 43.7 Å². The summed E-state index contributed by atoms with van der Waals surface area (Å²) in [4.78, 5) is 29.1. The molecule has 2 amide bonds. The van der Waals surface area contributed by atoms with Gasteiger partial charge in [0.2, 0.25) is 5.91 Å². The Morgan fingerprint density at radius 3 is 2.43 bits per heavy atom. The fourth-order valence-corrected chi connectivity index (χ4v) is 4.94. The topological polar surface area (TPSA) is 52.7 Å². The number of hydrogen-bond acceptors (Lipinski definition) is 3. The van der Waals surface area contributed by atoms with E-state index in [2.05, 4.69) is 5.32 Å². The van der Waals surface area contributed by atoms with Gasteiger partial charge in [-0.25, -0.2) is 4.39 Å². The van der Waals surface area contributed by atoms with Crippen LogP contribution in [0.2, 0.25) is 5.02 Å². The largest absolute Gasteiger partial charge is 0.338 e. The summed E-state index contributed by atoms with van der Waals surface area (Å²) in [5.41, 5.74) is 0.305. The van der Waals surface area contributed by atoms with Crippen molar-refractivity contribution < 1.29 is 14.0 Å². The van der Waals surface area contributed by atoms with Gasteiger partial charge in [-0.2, -0.15) is 0 Å². The molecular formula is C20H26Cl2FN3O2. The van der Waals surface area contributed by atoms with E-state index < -0.39 is 5.82 Å².